The van der Waals surface area contributed by atoms with E-state index in [1.165, 1.54) is 0 Å². The van der Waals surface area contributed by atoms with E-state index in [-0.39, 0.29) is 12.3 Å². The van der Waals surface area contributed by atoms with Crippen molar-refractivity contribution in [3.05, 3.63) is 24.3 Å². The quantitative estimate of drug-likeness (QED) is 0.729. The van der Waals surface area contributed by atoms with E-state index in [4.69, 9.17) is 5.11 Å². The molecule has 0 spiro atoms. The monoisotopic (exact) mass is 166 g/mol. The van der Waals surface area contributed by atoms with Crippen molar-refractivity contribution in [2.75, 3.05) is 0 Å². The summed E-state index contributed by atoms with van der Waals surface area (Å²) in [6.45, 7) is 1.82. The van der Waals surface area contributed by atoms with E-state index in [9.17, 15) is 4.79 Å². The summed E-state index contributed by atoms with van der Waals surface area (Å²) in [5.41, 5.74) is 0.722. The second-order valence-electron chi connectivity index (χ2n) is 2.63. The van der Waals surface area contributed by atoms with Gasteiger partial charge in [0.05, 0.1) is 12.1 Å². The Hall–Kier alpha value is -1.45. The summed E-state index contributed by atoms with van der Waals surface area (Å²) in [6.07, 6.45) is 4.82. The SMILES string of the molecule is CC(CC(=O)O)c1cnccn1. The molecule has 1 aromatic heterocycles. The van der Waals surface area contributed by atoms with Crippen LogP contribution in [-0.4, -0.2) is 21.0 Å². The van der Waals surface area contributed by atoms with Crippen molar-refractivity contribution in [2.45, 2.75) is 19.3 Å². The first-order valence-electron chi connectivity index (χ1n) is 3.68. The molecule has 0 aliphatic heterocycles. The lowest BCUT2D eigenvalue weighted by atomic mass is 10.1. The Balaban J connectivity index is 2.65. The van der Waals surface area contributed by atoms with Crippen LogP contribution in [0.4, 0.5) is 0 Å². The summed E-state index contributed by atoms with van der Waals surface area (Å²) in [5.74, 6) is -0.885. The van der Waals surface area contributed by atoms with Gasteiger partial charge in [0, 0.05) is 24.5 Å². The van der Waals surface area contributed by atoms with Crippen LogP contribution in [0.2, 0.25) is 0 Å². The zero-order valence-electron chi connectivity index (χ0n) is 6.77. The molecule has 0 saturated heterocycles. The van der Waals surface area contributed by atoms with Gasteiger partial charge in [-0.3, -0.25) is 14.8 Å². The topological polar surface area (TPSA) is 63.1 Å². The first-order chi connectivity index (χ1) is 5.70. The first kappa shape index (κ1) is 8.64. The Labute approximate surface area is 70.3 Å². The molecule has 1 unspecified atom stereocenters. The molecular weight excluding hydrogens is 156 g/mol. The number of aliphatic carboxylic acids is 1. The highest BCUT2D eigenvalue weighted by Crippen LogP contribution is 2.14. The van der Waals surface area contributed by atoms with Crippen LogP contribution in [-0.2, 0) is 4.79 Å². The molecule has 1 N–H and O–H groups in total. The van der Waals surface area contributed by atoms with Crippen molar-refractivity contribution < 1.29 is 9.90 Å². The molecule has 1 aromatic rings. The fourth-order valence-corrected chi connectivity index (χ4v) is 0.932. The molecule has 0 aliphatic carbocycles. The number of hydrogen-bond acceptors (Lipinski definition) is 3. The maximum atomic E-state index is 10.3. The van der Waals surface area contributed by atoms with E-state index < -0.39 is 5.97 Å². The van der Waals surface area contributed by atoms with Crippen LogP contribution in [0, 0.1) is 0 Å². The van der Waals surface area contributed by atoms with Crippen molar-refractivity contribution in [1.29, 1.82) is 0 Å². The third-order valence-electron chi connectivity index (χ3n) is 1.57. The Kier molecular flexibility index (Phi) is 2.74. The third kappa shape index (κ3) is 2.30. The molecule has 0 saturated carbocycles. The summed E-state index contributed by atoms with van der Waals surface area (Å²) < 4.78 is 0. The molecule has 0 bridgehead atoms. The molecule has 4 heteroatoms. The number of rotatable bonds is 3. The fraction of sp³-hybridized carbons (Fsp3) is 0.375. The summed E-state index contributed by atoms with van der Waals surface area (Å²) in [4.78, 5) is 18.2. The minimum atomic E-state index is -0.812. The maximum Gasteiger partial charge on any atom is 0.304 e. The van der Waals surface area contributed by atoms with Crippen molar-refractivity contribution in [3.63, 3.8) is 0 Å². The minimum Gasteiger partial charge on any atom is -0.481 e. The number of nitrogens with zero attached hydrogens (tertiary/aromatic N) is 2. The van der Waals surface area contributed by atoms with Crippen molar-refractivity contribution in [2.24, 2.45) is 0 Å². The van der Waals surface area contributed by atoms with Crippen molar-refractivity contribution in [1.82, 2.24) is 9.97 Å². The fourth-order valence-electron chi connectivity index (χ4n) is 0.932. The number of carboxylic acids is 1. The van der Waals surface area contributed by atoms with Gasteiger partial charge in [-0.2, -0.15) is 0 Å². The van der Waals surface area contributed by atoms with Gasteiger partial charge in [-0.1, -0.05) is 6.92 Å². The van der Waals surface area contributed by atoms with Gasteiger partial charge in [0.2, 0.25) is 0 Å². The lowest BCUT2D eigenvalue weighted by molar-refractivity contribution is -0.137. The molecule has 1 rings (SSSR count). The lowest BCUT2D eigenvalue weighted by Gasteiger charge is -2.05. The first-order valence-corrected chi connectivity index (χ1v) is 3.68. The van der Waals surface area contributed by atoms with E-state index in [2.05, 4.69) is 9.97 Å². The smallest absolute Gasteiger partial charge is 0.304 e. The van der Waals surface area contributed by atoms with Crippen molar-refractivity contribution in [3.8, 4) is 0 Å². The van der Waals surface area contributed by atoms with Gasteiger partial charge in [-0.15, -0.1) is 0 Å². The van der Waals surface area contributed by atoms with Crippen LogP contribution in [0.25, 0.3) is 0 Å². The molecule has 12 heavy (non-hydrogen) atoms. The number of aromatic nitrogens is 2. The van der Waals surface area contributed by atoms with Crippen LogP contribution < -0.4 is 0 Å². The molecule has 0 radical (unpaired) electrons. The van der Waals surface area contributed by atoms with Gasteiger partial charge in [0.15, 0.2) is 0 Å². The maximum absolute atomic E-state index is 10.3. The van der Waals surface area contributed by atoms with Gasteiger partial charge in [0.1, 0.15) is 0 Å². The highest BCUT2D eigenvalue weighted by molar-refractivity contribution is 5.67. The largest absolute Gasteiger partial charge is 0.481 e. The molecule has 0 aromatic carbocycles. The second kappa shape index (κ2) is 3.80. The number of carboxylic acid groups (broad SMARTS) is 1. The molecule has 64 valence electrons. The average Bonchev–Trinajstić information content (AvgIpc) is 2.05. The van der Waals surface area contributed by atoms with Gasteiger partial charge in [-0.25, -0.2) is 0 Å². The summed E-state index contributed by atoms with van der Waals surface area (Å²) in [6, 6.07) is 0. The van der Waals surface area contributed by atoms with E-state index in [1.807, 2.05) is 6.92 Å². The van der Waals surface area contributed by atoms with Gasteiger partial charge < -0.3 is 5.11 Å². The molecule has 0 amide bonds. The van der Waals surface area contributed by atoms with Crippen molar-refractivity contribution >= 4 is 5.97 Å². The Morgan fingerprint density at radius 3 is 2.92 bits per heavy atom. The Morgan fingerprint density at radius 1 is 1.67 bits per heavy atom. The molecule has 0 fully saturated rings. The predicted octanol–water partition coefficient (Wildman–Crippen LogP) is 1.05. The zero-order valence-corrected chi connectivity index (χ0v) is 6.77. The average molecular weight is 166 g/mol. The normalized spacial score (nSPS) is 12.4. The molecule has 1 atom stereocenters. The number of hydrogen-bond donors (Lipinski definition) is 1. The number of carbonyl (C=O) groups is 1. The van der Waals surface area contributed by atoms with Crippen LogP contribution in [0.1, 0.15) is 25.0 Å². The summed E-state index contributed by atoms with van der Waals surface area (Å²) >= 11 is 0. The molecular formula is C8H10N2O2. The standard InChI is InChI=1S/C8H10N2O2/c1-6(4-8(11)12)7-5-9-2-3-10-7/h2-3,5-6H,4H2,1H3,(H,11,12). The Bertz CT molecular complexity index is 261. The predicted molar refractivity (Wildman–Crippen MR) is 42.7 cm³/mol. The van der Waals surface area contributed by atoms with E-state index in [1.54, 1.807) is 18.6 Å². The lowest BCUT2D eigenvalue weighted by Crippen LogP contribution is -2.04. The molecule has 4 nitrogen and oxygen atoms in total. The van der Waals surface area contributed by atoms with Crippen LogP contribution >= 0.6 is 0 Å². The van der Waals surface area contributed by atoms with E-state index >= 15 is 0 Å². The summed E-state index contributed by atoms with van der Waals surface area (Å²) in [7, 11) is 0. The van der Waals surface area contributed by atoms with Gasteiger partial charge in [-0.05, 0) is 0 Å². The minimum absolute atomic E-state index is 0.0730. The van der Waals surface area contributed by atoms with E-state index in [0.717, 1.165) is 5.69 Å². The molecule has 1 heterocycles. The highest BCUT2D eigenvalue weighted by Gasteiger charge is 2.10. The van der Waals surface area contributed by atoms with Gasteiger partial charge >= 0.3 is 5.97 Å². The second-order valence-corrected chi connectivity index (χ2v) is 2.63. The van der Waals surface area contributed by atoms with Crippen LogP contribution in [0.5, 0.6) is 0 Å². The van der Waals surface area contributed by atoms with Crippen LogP contribution in [0.3, 0.4) is 0 Å². The molecule has 0 aliphatic rings. The van der Waals surface area contributed by atoms with Gasteiger partial charge in [0.25, 0.3) is 0 Å². The van der Waals surface area contributed by atoms with Crippen LogP contribution in [0.15, 0.2) is 18.6 Å². The highest BCUT2D eigenvalue weighted by atomic mass is 16.4. The third-order valence-corrected chi connectivity index (χ3v) is 1.57. The summed E-state index contributed by atoms with van der Waals surface area (Å²) in [5, 5.41) is 8.50. The zero-order chi connectivity index (χ0) is 8.97. The van der Waals surface area contributed by atoms with E-state index in [0.29, 0.717) is 0 Å². The Morgan fingerprint density at radius 2 is 2.42 bits per heavy atom.